The number of carbonyl (C=O) groups is 1. The Balaban J connectivity index is 1.89. The number of nitrogens with one attached hydrogen (secondary N) is 1. The Morgan fingerprint density at radius 1 is 1.28 bits per heavy atom. The highest BCUT2D eigenvalue weighted by Gasteiger charge is 2.26. The van der Waals surface area contributed by atoms with Crippen molar-refractivity contribution in [2.75, 3.05) is 43.4 Å². The van der Waals surface area contributed by atoms with Crippen molar-refractivity contribution in [3.8, 4) is 0 Å². The number of carbonyl (C=O) groups excluding carboxylic acids is 1. The summed E-state index contributed by atoms with van der Waals surface area (Å²) in [5.41, 5.74) is 4.69. The molecule has 0 radical (unpaired) electrons. The van der Waals surface area contributed by atoms with Crippen LogP contribution in [-0.2, 0) is 5.60 Å². The van der Waals surface area contributed by atoms with Crippen LogP contribution < -0.4 is 16.0 Å². The van der Waals surface area contributed by atoms with Crippen LogP contribution in [0, 0.1) is 5.82 Å². The fourth-order valence-corrected chi connectivity index (χ4v) is 3.45. The monoisotopic (exact) mass is 422 g/mol. The van der Waals surface area contributed by atoms with Gasteiger partial charge in [-0.1, -0.05) is 11.6 Å². The van der Waals surface area contributed by atoms with Crippen molar-refractivity contribution in [2.45, 2.75) is 19.4 Å². The van der Waals surface area contributed by atoms with Gasteiger partial charge in [-0.15, -0.1) is 0 Å². The first-order valence-corrected chi connectivity index (χ1v) is 9.54. The summed E-state index contributed by atoms with van der Waals surface area (Å²) in [4.78, 5) is 24.2. The van der Waals surface area contributed by atoms with Crippen molar-refractivity contribution in [3.05, 3.63) is 40.6 Å². The molecule has 1 fully saturated rings. The van der Waals surface area contributed by atoms with Gasteiger partial charge in [0.25, 0.3) is 5.91 Å². The van der Waals surface area contributed by atoms with Gasteiger partial charge in [0.1, 0.15) is 17.1 Å². The molecule has 1 aromatic carbocycles. The lowest BCUT2D eigenvalue weighted by Gasteiger charge is -2.34. The van der Waals surface area contributed by atoms with Gasteiger partial charge in [0, 0.05) is 31.9 Å². The van der Waals surface area contributed by atoms with E-state index in [4.69, 9.17) is 17.3 Å². The lowest BCUT2D eigenvalue weighted by molar-refractivity contribution is 0.0732. The van der Waals surface area contributed by atoms with E-state index in [0.717, 1.165) is 26.2 Å². The maximum atomic E-state index is 14.7. The number of anilines is 3. The Hall–Kier alpha value is -2.49. The van der Waals surface area contributed by atoms with Gasteiger partial charge >= 0.3 is 0 Å². The van der Waals surface area contributed by atoms with Crippen LogP contribution in [0.3, 0.4) is 0 Å². The number of primary amides is 1. The fourth-order valence-electron chi connectivity index (χ4n) is 3.09. The predicted molar refractivity (Wildman–Crippen MR) is 110 cm³/mol. The largest absolute Gasteiger partial charge is 0.384 e. The number of likely N-dealkylation sites (N-methyl/N-ethyl adjacent to an activating group) is 1. The van der Waals surface area contributed by atoms with Crippen molar-refractivity contribution in [2.24, 2.45) is 5.73 Å². The minimum Gasteiger partial charge on any atom is -0.384 e. The summed E-state index contributed by atoms with van der Waals surface area (Å²) >= 11 is 6.12. The SMILES string of the molecule is CN1CCN(c2ccc(Nc3nc(Cl)c(C(C)(C)O)nc3C(N)=O)cc2F)CC1. The van der Waals surface area contributed by atoms with E-state index >= 15 is 0 Å². The zero-order valence-corrected chi connectivity index (χ0v) is 17.3. The number of aliphatic hydroxyl groups is 1. The number of nitrogens with two attached hydrogens (primary N) is 1. The number of nitrogens with zero attached hydrogens (tertiary/aromatic N) is 4. The van der Waals surface area contributed by atoms with Crippen LogP contribution in [0.5, 0.6) is 0 Å². The zero-order valence-electron chi connectivity index (χ0n) is 16.5. The highest BCUT2D eigenvalue weighted by atomic mass is 35.5. The lowest BCUT2D eigenvalue weighted by atomic mass is 10.1. The minimum atomic E-state index is -1.41. The van der Waals surface area contributed by atoms with Crippen LogP contribution in [0.4, 0.5) is 21.6 Å². The van der Waals surface area contributed by atoms with E-state index in [2.05, 4.69) is 20.2 Å². The minimum absolute atomic E-state index is 0.0118. The smallest absolute Gasteiger partial charge is 0.271 e. The van der Waals surface area contributed by atoms with Crippen LogP contribution in [0.2, 0.25) is 5.15 Å². The molecule has 0 spiro atoms. The van der Waals surface area contributed by atoms with Crippen molar-refractivity contribution in [1.82, 2.24) is 14.9 Å². The van der Waals surface area contributed by atoms with Crippen LogP contribution >= 0.6 is 11.6 Å². The molecule has 1 aromatic heterocycles. The first-order valence-electron chi connectivity index (χ1n) is 9.16. The quantitative estimate of drug-likeness (QED) is 0.677. The molecule has 1 saturated heterocycles. The zero-order chi connectivity index (χ0) is 21.3. The molecule has 0 bridgehead atoms. The van der Waals surface area contributed by atoms with Crippen LogP contribution in [0.1, 0.15) is 30.0 Å². The van der Waals surface area contributed by atoms with Gasteiger partial charge in [-0.05, 0) is 39.1 Å². The molecular formula is C19H24ClFN6O2. The number of piperazine rings is 1. The van der Waals surface area contributed by atoms with E-state index < -0.39 is 17.3 Å². The fraction of sp³-hybridized carbons (Fsp3) is 0.421. The van der Waals surface area contributed by atoms with Gasteiger partial charge < -0.3 is 26.0 Å². The number of benzene rings is 1. The maximum Gasteiger partial charge on any atom is 0.271 e. The molecule has 3 rings (SSSR count). The van der Waals surface area contributed by atoms with Gasteiger partial charge in [-0.3, -0.25) is 4.79 Å². The maximum absolute atomic E-state index is 14.7. The first kappa shape index (κ1) is 21.2. The number of aromatic nitrogens is 2. The topological polar surface area (TPSA) is 108 Å². The number of rotatable bonds is 5. The molecule has 156 valence electrons. The Morgan fingerprint density at radius 3 is 2.48 bits per heavy atom. The van der Waals surface area contributed by atoms with Gasteiger partial charge in [-0.25, -0.2) is 14.4 Å². The van der Waals surface area contributed by atoms with Crippen LogP contribution in [0.15, 0.2) is 18.2 Å². The van der Waals surface area contributed by atoms with E-state index in [1.165, 1.54) is 19.9 Å². The normalized spacial score (nSPS) is 15.4. The average molecular weight is 423 g/mol. The van der Waals surface area contributed by atoms with E-state index in [-0.39, 0.29) is 22.4 Å². The van der Waals surface area contributed by atoms with Gasteiger partial charge in [-0.2, -0.15) is 0 Å². The second-order valence-corrected chi connectivity index (χ2v) is 7.92. The Bertz CT molecular complexity index is 926. The summed E-state index contributed by atoms with van der Waals surface area (Å²) < 4.78 is 14.7. The average Bonchev–Trinajstić information content (AvgIpc) is 2.61. The highest BCUT2D eigenvalue weighted by molar-refractivity contribution is 6.30. The summed E-state index contributed by atoms with van der Waals surface area (Å²) in [5, 5.41) is 12.9. The van der Waals surface area contributed by atoms with Gasteiger partial charge in [0.2, 0.25) is 0 Å². The third-order valence-corrected chi connectivity index (χ3v) is 4.98. The molecule has 0 unspecified atom stereocenters. The molecule has 0 saturated carbocycles. The van der Waals surface area contributed by atoms with Crippen LogP contribution in [0.25, 0.3) is 0 Å². The molecule has 2 aromatic rings. The number of hydrogen-bond acceptors (Lipinski definition) is 7. The molecule has 4 N–H and O–H groups in total. The standard InChI is InChI=1S/C19H24ClFN6O2/c1-19(2,29)15-16(20)25-18(14(24-15)17(22)28)23-11-4-5-13(12(21)10-11)27-8-6-26(3)7-9-27/h4-5,10,29H,6-9H2,1-3H3,(H2,22,28)(H,23,25). The van der Waals surface area contributed by atoms with Gasteiger partial charge in [0.05, 0.1) is 5.69 Å². The third-order valence-electron chi connectivity index (χ3n) is 4.72. The van der Waals surface area contributed by atoms with Crippen LogP contribution in [-0.4, -0.2) is 59.1 Å². The predicted octanol–water partition coefficient (Wildman–Crippen LogP) is 2.09. The second kappa shape index (κ2) is 8.10. The summed E-state index contributed by atoms with van der Waals surface area (Å²) in [5.74, 6) is -1.26. The molecule has 10 heteroatoms. The second-order valence-electron chi connectivity index (χ2n) is 7.57. The van der Waals surface area contributed by atoms with Crippen molar-refractivity contribution < 1.29 is 14.3 Å². The third kappa shape index (κ3) is 4.75. The Morgan fingerprint density at radius 2 is 1.93 bits per heavy atom. The lowest BCUT2D eigenvalue weighted by Crippen LogP contribution is -2.44. The summed E-state index contributed by atoms with van der Waals surface area (Å²) in [6.45, 7) is 6.14. The summed E-state index contributed by atoms with van der Waals surface area (Å²) in [6.07, 6.45) is 0. The molecule has 8 nitrogen and oxygen atoms in total. The molecule has 0 atom stereocenters. The van der Waals surface area contributed by atoms with Crippen molar-refractivity contribution in [1.29, 1.82) is 0 Å². The molecule has 1 amide bonds. The van der Waals surface area contributed by atoms with E-state index in [0.29, 0.717) is 11.4 Å². The number of halogens is 2. The first-order chi connectivity index (χ1) is 13.6. The van der Waals surface area contributed by atoms with Crippen molar-refractivity contribution >= 4 is 34.7 Å². The van der Waals surface area contributed by atoms with E-state index in [1.54, 1.807) is 12.1 Å². The van der Waals surface area contributed by atoms with Gasteiger partial charge in [0.15, 0.2) is 16.7 Å². The molecule has 29 heavy (non-hydrogen) atoms. The Labute approximate surface area is 173 Å². The summed E-state index contributed by atoms with van der Waals surface area (Å²) in [7, 11) is 2.03. The molecule has 0 aliphatic carbocycles. The molecule has 1 aliphatic heterocycles. The molecular weight excluding hydrogens is 399 g/mol. The molecule has 2 heterocycles. The number of hydrogen-bond donors (Lipinski definition) is 3. The molecule has 1 aliphatic rings. The highest BCUT2D eigenvalue weighted by Crippen LogP contribution is 2.30. The Kier molecular flexibility index (Phi) is 5.92. The van der Waals surface area contributed by atoms with E-state index in [9.17, 15) is 14.3 Å². The van der Waals surface area contributed by atoms with Crippen molar-refractivity contribution in [3.63, 3.8) is 0 Å². The summed E-state index contributed by atoms with van der Waals surface area (Å²) in [6, 6.07) is 4.67. The number of amides is 1. The van der Waals surface area contributed by atoms with E-state index in [1.807, 2.05) is 11.9 Å².